The molecule has 0 bridgehead atoms. The lowest BCUT2D eigenvalue weighted by molar-refractivity contribution is -0.150. The average Bonchev–Trinajstić information content (AvgIpc) is 2.29. The van der Waals surface area contributed by atoms with E-state index in [-0.39, 0.29) is 16.4 Å². The number of hydrogen-bond acceptors (Lipinski definition) is 2. The number of hydrogen-bond donors (Lipinski definition) is 0. The largest absolute Gasteiger partial charge is 0.458 e. The lowest BCUT2D eigenvalue weighted by atomic mass is 9.83. The second-order valence-corrected chi connectivity index (χ2v) is 4.94. The van der Waals surface area contributed by atoms with Crippen molar-refractivity contribution in [2.24, 2.45) is 0 Å². The van der Waals surface area contributed by atoms with Gasteiger partial charge in [0.25, 0.3) is 0 Å². The zero-order valence-electron chi connectivity index (χ0n) is 7.01. The van der Waals surface area contributed by atoms with E-state index in [9.17, 15) is 4.79 Å². The van der Waals surface area contributed by atoms with E-state index in [0.29, 0.717) is 0 Å². The highest BCUT2D eigenvalue weighted by atomic mass is 79.9. The van der Waals surface area contributed by atoms with Crippen LogP contribution in [0.1, 0.15) is 38.5 Å². The predicted molar refractivity (Wildman–Crippen MR) is 49.2 cm³/mol. The third kappa shape index (κ3) is 1.39. The number of ether oxygens (including phenoxy) is 1. The fourth-order valence-corrected chi connectivity index (χ4v) is 2.91. The third-order valence-corrected chi connectivity index (χ3v) is 3.59. The van der Waals surface area contributed by atoms with Gasteiger partial charge in [-0.1, -0.05) is 22.4 Å². The number of rotatable bonds is 0. The van der Waals surface area contributed by atoms with Crippen LogP contribution in [0.5, 0.6) is 0 Å². The molecule has 1 aliphatic heterocycles. The maximum atomic E-state index is 11.2. The van der Waals surface area contributed by atoms with E-state index in [1.807, 2.05) is 0 Å². The normalized spacial score (nSPS) is 33.8. The molecule has 2 nitrogen and oxygen atoms in total. The van der Waals surface area contributed by atoms with E-state index in [2.05, 4.69) is 15.9 Å². The molecule has 0 radical (unpaired) electrons. The van der Waals surface area contributed by atoms with Gasteiger partial charge >= 0.3 is 5.97 Å². The standard InChI is InChI=1S/C9H13BrO2/c10-7-6-9(12-8(7)11)4-2-1-3-5-9/h7H,1-6H2. The van der Waals surface area contributed by atoms with Crippen LogP contribution in [0.15, 0.2) is 0 Å². The predicted octanol–water partition coefficient (Wildman–Crippen LogP) is 2.40. The first-order valence-electron chi connectivity index (χ1n) is 4.59. The highest BCUT2D eigenvalue weighted by Gasteiger charge is 2.45. The second-order valence-electron chi connectivity index (χ2n) is 3.84. The number of carbonyl (C=O) groups excluding carboxylic acids is 1. The average molecular weight is 233 g/mol. The molecule has 0 aromatic carbocycles. The second kappa shape index (κ2) is 3.02. The van der Waals surface area contributed by atoms with Crippen molar-refractivity contribution in [1.82, 2.24) is 0 Å². The lowest BCUT2D eigenvalue weighted by Crippen LogP contribution is -2.30. The van der Waals surface area contributed by atoms with Crippen LogP contribution in [0.3, 0.4) is 0 Å². The zero-order valence-corrected chi connectivity index (χ0v) is 8.60. The van der Waals surface area contributed by atoms with Crippen molar-refractivity contribution in [1.29, 1.82) is 0 Å². The van der Waals surface area contributed by atoms with Crippen LogP contribution < -0.4 is 0 Å². The molecule has 2 rings (SSSR count). The molecule has 1 heterocycles. The van der Waals surface area contributed by atoms with Crippen molar-refractivity contribution < 1.29 is 9.53 Å². The summed E-state index contributed by atoms with van der Waals surface area (Å²) in [5.41, 5.74) is -0.0799. The summed E-state index contributed by atoms with van der Waals surface area (Å²) in [6.45, 7) is 0. The van der Waals surface area contributed by atoms with E-state index in [0.717, 1.165) is 19.3 Å². The van der Waals surface area contributed by atoms with Crippen LogP contribution in [0.4, 0.5) is 0 Å². The van der Waals surface area contributed by atoms with E-state index in [4.69, 9.17) is 4.74 Å². The Balaban J connectivity index is 2.07. The number of alkyl halides is 1. The van der Waals surface area contributed by atoms with Gasteiger partial charge in [-0.15, -0.1) is 0 Å². The minimum atomic E-state index is -0.0799. The van der Waals surface area contributed by atoms with E-state index < -0.39 is 0 Å². The molecule has 1 atom stereocenters. The van der Waals surface area contributed by atoms with Crippen LogP contribution in [0.2, 0.25) is 0 Å². The molecule has 0 amide bonds. The fraction of sp³-hybridized carbons (Fsp3) is 0.889. The van der Waals surface area contributed by atoms with Crippen LogP contribution >= 0.6 is 15.9 Å². The van der Waals surface area contributed by atoms with E-state index in [1.54, 1.807) is 0 Å². The Morgan fingerprint density at radius 2 is 2.00 bits per heavy atom. The molecule has 1 unspecified atom stereocenters. The molecule has 68 valence electrons. The van der Waals surface area contributed by atoms with Gasteiger partial charge in [-0.3, -0.25) is 4.79 Å². The first-order valence-corrected chi connectivity index (χ1v) is 5.50. The van der Waals surface area contributed by atoms with Crippen LogP contribution in [-0.4, -0.2) is 16.4 Å². The summed E-state index contributed by atoms with van der Waals surface area (Å²) in [7, 11) is 0. The molecule has 1 aliphatic carbocycles. The Morgan fingerprint density at radius 1 is 1.33 bits per heavy atom. The molecule has 2 fully saturated rings. The van der Waals surface area contributed by atoms with Gasteiger partial charge < -0.3 is 4.74 Å². The number of esters is 1. The maximum Gasteiger partial charge on any atom is 0.320 e. The zero-order chi connectivity index (χ0) is 8.60. The monoisotopic (exact) mass is 232 g/mol. The topological polar surface area (TPSA) is 26.3 Å². The third-order valence-electron chi connectivity index (χ3n) is 2.89. The molecule has 1 saturated carbocycles. The minimum absolute atomic E-state index is 0.0457. The Labute approximate surface area is 80.8 Å². The number of carbonyl (C=O) groups is 1. The smallest absolute Gasteiger partial charge is 0.320 e. The van der Waals surface area contributed by atoms with Crippen molar-refractivity contribution in [3.8, 4) is 0 Å². The Hall–Kier alpha value is -0.0500. The summed E-state index contributed by atoms with van der Waals surface area (Å²) in [6.07, 6.45) is 6.75. The van der Waals surface area contributed by atoms with Gasteiger partial charge in [-0.25, -0.2) is 0 Å². The van der Waals surface area contributed by atoms with Crippen LogP contribution in [0.25, 0.3) is 0 Å². The van der Waals surface area contributed by atoms with Crippen molar-refractivity contribution in [2.75, 3.05) is 0 Å². The highest BCUT2D eigenvalue weighted by molar-refractivity contribution is 9.10. The number of halogens is 1. The van der Waals surface area contributed by atoms with Crippen molar-refractivity contribution in [3.63, 3.8) is 0 Å². The molecular formula is C9H13BrO2. The van der Waals surface area contributed by atoms with Crippen molar-refractivity contribution >= 4 is 21.9 Å². The summed E-state index contributed by atoms with van der Waals surface area (Å²) in [5, 5.41) is 0. The Morgan fingerprint density at radius 3 is 2.50 bits per heavy atom. The molecule has 3 heteroatoms. The summed E-state index contributed by atoms with van der Waals surface area (Å²) < 4.78 is 5.42. The van der Waals surface area contributed by atoms with Gasteiger partial charge in [0.15, 0.2) is 0 Å². The van der Waals surface area contributed by atoms with E-state index in [1.165, 1.54) is 19.3 Å². The summed E-state index contributed by atoms with van der Waals surface area (Å²) in [4.78, 5) is 11.1. The van der Waals surface area contributed by atoms with Gasteiger partial charge in [-0.2, -0.15) is 0 Å². The first kappa shape index (κ1) is 8.54. The SMILES string of the molecule is O=C1OC2(CCCCC2)CC1Br. The van der Waals surface area contributed by atoms with Gasteiger partial charge in [0.05, 0.1) is 0 Å². The van der Waals surface area contributed by atoms with Crippen molar-refractivity contribution in [2.45, 2.75) is 49.0 Å². The summed E-state index contributed by atoms with van der Waals surface area (Å²) in [6, 6.07) is 0. The van der Waals surface area contributed by atoms with Gasteiger partial charge in [0.2, 0.25) is 0 Å². The first-order chi connectivity index (χ1) is 5.72. The van der Waals surface area contributed by atoms with Gasteiger partial charge in [0.1, 0.15) is 10.4 Å². The molecule has 12 heavy (non-hydrogen) atoms. The van der Waals surface area contributed by atoms with Crippen molar-refractivity contribution in [3.05, 3.63) is 0 Å². The van der Waals surface area contributed by atoms with Gasteiger partial charge in [-0.05, 0) is 25.7 Å². The molecular weight excluding hydrogens is 220 g/mol. The van der Waals surface area contributed by atoms with Crippen LogP contribution in [0, 0.1) is 0 Å². The van der Waals surface area contributed by atoms with Crippen LogP contribution in [-0.2, 0) is 9.53 Å². The molecule has 1 spiro atoms. The summed E-state index contributed by atoms with van der Waals surface area (Å²) in [5.74, 6) is -0.0584. The van der Waals surface area contributed by atoms with Gasteiger partial charge in [0, 0.05) is 6.42 Å². The molecule has 0 N–H and O–H groups in total. The highest BCUT2D eigenvalue weighted by Crippen LogP contribution is 2.41. The Kier molecular flexibility index (Phi) is 2.15. The minimum Gasteiger partial charge on any atom is -0.458 e. The quantitative estimate of drug-likeness (QED) is 0.474. The Bertz CT molecular complexity index is 197. The molecule has 0 aromatic rings. The molecule has 0 aromatic heterocycles. The molecule has 2 aliphatic rings. The molecule has 1 saturated heterocycles. The summed E-state index contributed by atoms with van der Waals surface area (Å²) >= 11 is 3.34. The van der Waals surface area contributed by atoms with E-state index >= 15 is 0 Å². The maximum absolute atomic E-state index is 11.2. The lowest BCUT2D eigenvalue weighted by Gasteiger charge is -2.31. The fourth-order valence-electron chi connectivity index (χ4n) is 2.23.